The van der Waals surface area contributed by atoms with Crippen LogP contribution in [-0.4, -0.2) is 19.8 Å². The summed E-state index contributed by atoms with van der Waals surface area (Å²) in [5.41, 5.74) is 3.94. The van der Waals surface area contributed by atoms with Crippen LogP contribution in [0.3, 0.4) is 0 Å². The molecule has 0 radical (unpaired) electrons. The number of hydrogen-bond acceptors (Lipinski definition) is 3. The molecule has 1 aromatic rings. The first-order chi connectivity index (χ1) is 8.20. The third kappa shape index (κ3) is 1.95. The van der Waals surface area contributed by atoms with Crippen LogP contribution in [0.1, 0.15) is 36.6 Å². The largest absolute Gasteiger partial charge is 1.00 e. The minimum Gasteiger partial charge on any atom is -1.00 e. The number of nitrogens with one attached hydrogen (secondary N) is 1. The van der Waals surface area contributed by atoms with Crippen molar-refractivity contribution in [1.29, 1.82) is 0 Å². The number of rotatable bonds is 1. The van der Waals surface area contributed by atoms with Gasteiger partial charge in [0.05, 0.1) is 7.11 Å². The van der Waals surface area contributed by atoms with Gasteiger partial charge >= 0.3 is 0 Å². The number of ether oxygens (including phenoxy) is 2. The van der Waals surface area contributed by atoms with Gasteiger partial charge < -0.3 is 27.2 Å². The molecule has 2 aliphatic heterocycles. The summed E-state index contributed by atoms with van der Waals surface area (Å²) in [6, 6.07) is 2.52. The van der Waals surface area contributed by atoms with Crippen molar-refractivity contribution < 1.29 is 21.9 Å². The van der Waals surface area contributed by atoms with Crippen molar-refractivity contribution in [2.24, 2.45) is 0 Å². The number of benzene rings is 1. The smallest absolute Gasteiger partial charge is 0.128 e. The zero-order valence-electron chi connectivity index (χ0n) is 11.0. The maximum atomic E-state index is 5.98. The van der Waals surface area contributed by atoms with Crippen LogP contribution in [0.4, 0.5) is 0 Å². The highest BCUT2D eigenvalue weighted by Gasteiger charge is 2.31. The molecule has 0 bridgehead atoms. The molecule has 18 heavy (non-hydrogen) atoms. The standard InChI is InChI=1S/C14H19NO2.ClH/c1-8-6-10-7-12(16-3)11-4-5-15-9(2)13(11)14(10)17-8;/h7-9,15H,4-6H2,1-3H3;1H/p-1. The first kappa shape index (κ1) is 13.5. The molecule has 0 fully saturated rings. The first-order valence-electron chi connectivity index (χ1n) is 6.33. The third-order valence-electron chi connectivity index (χ3n) is 3.77. The summed E-state index contributed by atoms with van der Waals surface area (Å²) in [4.78, 5) is 0. The molecule has 0 saturated heterocycles. The van der Waals surface area contributed by atoms with Crippen molar-refractivity contribution in [3.63, 3.8) is 0 Å². The Morgan fingerprint density at radius 1 is 1.39 bits per heavy atom. The lowest BCUT2D eigenvalue weighted by molar-refractivity contribution is -0.00000496. The van der Waals surface area contributed by atoms with E-state index in [1.807, 2.05) is 0 Å². The minimum absolute atomic E-state index is 0. The molecule has 3 nitrogen and oxygen atoms in total. The fourth-order valence-electron chi connectivity index (χ4n) is 3.01. The van der Waals surface area contributed by atoms with Crippen LogP contribution in [0.5, 0.6) is 11.5 Å². The average molecular weight is 269 g/mol. The van der Waals surface area contributed by atoms with Crippen LogP contribution in [0.15, 0.2) is 6.07 Å². The quantitative estimate of drug-likeness (QED) is 0.726. The molecule has 2 unspecified atom stereocenters. The van der Waals surface area contributed by atoms with E-state index in [1.165, 1.54) is 16.7 Å². The van der Waals surface area contributed by atoms with Gasteiger partial charge in [-0.3, -0.25) is 0 Å². The van der Waals surface area contributed by atoms with Crippen molar-refractivity contribution in [2.45, 2.75) is 38.8 Å². The van der Waals surface area contributed by atoms with E-state index in [0.717, 1.165) is 30.9 Å². The van der Waals surface area contributed by atoms with E-state index < -0.39 is 0 Å². The number of halogens is 1. The molecule has 2 atom stereocenters. The Hall–Kier alpha value is -0.930. The summed E-state index contributed by atoms with van der Waals surface area (Å²) >= 11 is 0. The normalized spacial score (nSPS) is 24.6. The molecule has 2 heterocycles. The lowest BCUT2D eigenvalue weighted by atomic mass is 9.91. The summed E-state index contributed by atoms with van der Waals surface area (Å²) in [6.07, 6.45) is 2.30. The summed E-state index contributed by atoms with van der Waals surface area (Å²) in [7, 11) is 1.76. The second kappa shape index (κ2) is 4.98. The summed E-state index contributed by atoms with van der Waals surface area (Å²) < 4.78 is 11.5. The first-order valence-corrected chi connectivity index (χ1v) is 6.33. The summed E-state index contributed by atoms with van der Waals surface area (Å²) in [5.74, 6) is 2.14. The van der Waals surface area contributed by atoms with Gasteiger partial charge in [-0.15, -0.1) is 0 Å². The van der Waals surface area contributed by atoms with E-state index in [1.54, 1.807) is 7.11 Å². The van der Waals surface area contributed by atoms with Crippen molar-refractivity contribution in [1.82, 2.24) is 5.32 Å². The van der Waals surface area contributed by atoms with Crippen LogP contribution in [0.2, 0.25) is 0 Å². The number of hydrogen-bond donors (Lipinski definition) is 1. The van der Waals surface area contributed by atoms with Crippen molar-refractivity contribution >= 4 is 0 Å². The van der Waals surface area contributed by atoms with Crippen LogP contribution >= 0.6 is 0 Å². The second-order valence-electron chi connectivity index (χ2n) is 5.02. The van der Waals surface area contributed by atoms with Gasteiger partial charge in [-0.25, -0.2) is 0 Å². The molecule has 0 amide bonds. The Labute approximate surface area is 114 Å². The highest BCUT2D eigenvalue weighted by molar-refractivity contribution is 5.57. The van der Waals surface area contributed by atoms with Gasteiger partial charge in [-0.2, -0.15) is 0 Å². The Kier molecular flexibility index (Phi) is 3.74. The molecule has 1 aromatic carbocycles. The van der Waals surface area contributed by atoms with E-state index in [4.69, 9.17) is 9.47 Å². The van der Waals surface area contributed by atoms with Crippen LogP contribution < -0.4 is 27.2 Å². The number of fused-ring (bicyclic) bond motifs is 3. The maximum Gasteiger partial charge on any atom is 0.128 e. The average Bonchev–Trinajstić information content (AvgIpc) is 2.68. The van der Waals surface area contributed by atoms with Gasteiger partial charge in [0.25, 0.3) is 0 Å². The number of methoxy groups -OCH3 is 1. The topological polar surface area (TPSA) is 30.5 Å². The summed E-state index contributed by atoms with van der Waals surface area (Å²) in [5, 5.41) is 3.50. The molecule has 4 heteroatoms. The molecular weight excluding hydrogens is 250 g/mol. The molecule has 0 aromatic heterocycles. The van der Waals surface area contributed by atoms with Gasteiger partial charge in [0, 0.05) is 29.2 Å². The Morgan fingerprint density at radius 2 is 2.17 bits per heavy atom. The van der Waals surface area contributed by atoms with E-state index in [2.05, 4.69) is 25.2 Å². The summed E-state index contributed by atoms with van der Waals surface area (Å²) in [6.45, 7) is 5.34. The molecule has 2 aliphatic rings. The van der Waals surface area contributed by atoms with E-state index in [-0.39, 0.29) is 18.5 Å². The predicted octanol–water partition coefficient (Wildman–Crippen LogP) is -0.771. The van der Waals surface area contributed by atoms with Crippen LogP contribution in [-0.2, 0) is 12.8 Å². The van der Waals surface area contributed by atoms with Gasteiger partial charge in [-0.1, -0.05) is 0 Å². The molecule has 0 saturated carbocycles. The Morgan fingerprint density at radius 3 is 2.89 bits per heavy atom. The van der Waals surface area contributed by atoms with Gasteiger partial charge in [0.1, 0.15) is 17.6 Å². The van der Waals surface area contributed by atoms with Crippen molar-refractivity contribution in [3.8, 4) is 11.5 Å². The third-order valence-corrected chi connectivity index (χ3v) is 3.77. The van der Waals surface area contributed by atoms with Crippen LogP contribution in [0.25, 0.3) is 0 Å². The Bertz CT molecular complexity index is 462. The van der Waals surface area contributed by atoms with Crippen LogP contribution in [0, 0.1) is 0 Å². The van der Waals surface area contributed by atoms with Gasteiger partial charge in [0.2, 0.25) is 0 Å². The van der Waals surface area contributed by atoms with Gasteiger partial charge in [0.15, 0.2) is 0 Å². The fraction of sp³-hybridized carbons (Fsp3) is 0.571. The van der Waals surface area contributed by atoms with E-state index in [9.17, 15) is 0 Å². The second-order valence-corrected chi connectivity index (χ2v) is 5.02. The maximum absolute atomic E-state index is 5.98. The zero-order valence-corrected chi connectivity index (χ0v) is 11.8. The van der Waals surface area contributed by atoms with Gasteiger partial charge in [-0.05, 0) is 32.9 Å². The molecule has 0 spiro atoms. The molecule has 1 N–H and O–H groups in total. The highest BCUT2D eigenvalue weighted by Crippen LogP contribution is 2.43. The molecule has 0 aliphatic carbocycles. The lowest BCUT2D eigenvalue weighted by Gasteiger charge is -2.27. The SMILES string of the molecule is COc1cc2c(c3c1CCNC3C)OC(C)C2.[Cl-]. The Balaban J connectivity index is 0.00000120. The molecule has 3 rings (SSSR count). The fourth-order valence-corrected chi connectivity index (χ4v) is 3.01. The van der Waals surface area contributed by atoms with Crippen molar-refractivity contribution in [3.05, 3.63) is 22.8 Å². The monoisotopic (exact) mass is 268 g/mol. The van der Waals surface area contributed by atoms with E-state index in [0.29, 0.717) is 6.04 Å². The highest BCUT2D eigenvalue weighted by atomic mass is 35.5. The van der Waals surface area contributed by atoms with Crippen molar-refractivity contribution in [2.75, 3.05) is 13.7 Å². The molecule has 100 valence electrons. The van der Waals surface area contributed by atoms with E-state index >= 15 is 0 Å². The lowest BCUT2D eigenvalue weighted by Crippen LogP contribution is -3.00. The zero-order chi connectivity index (χ0) is 12.0. The minimum atomic E-state index is 0. The predicted molar refractivity (Wildman–Crippen MR) is 66.9 cm³/mol. The molecular formula is C14H19ClNO2-.